The minimum Gasteiger partial charge on any atom is -0.378 e. The first-order chi connectivity index (χ1) is 7.61. The molecule has 1 heterocycles. The van der Waals surface area contributed by atoms with Gasteiger partial charge < -0.3 is 19.9 Å². The Morgan fingerprint density at radius 1 is 1.31 bits per heavy atom. The van der Waals surface area contributed by atoms with Crippen LogP contribution in [-0.2, 0) is 9.53 Å². The molecule has 1 aliphatic heterocycles. The number of nitrogens with zero attached hydrogens (tertiary/aromatic N) is 2. The molecule has 6 heteroatoms. The molecule has 0 unspecified atom stereocenters. The second kappa shape index (κ2) is 6.32. The van der Waals surface area contributed by atoms with Crippen molar-refractivity contribution in [3.05, 3.63) is 0 Å². The maximum Gasteiger partial charge on any atom is 0.317 e. The third-order valence-corrected chi connectivity index (χ3v) is 2.41. The largest absolute Gasteiger partial charge is 0.378 e. The summed E-state index contributed by atoms with van der Waals surface area (Å²) < 4.78 is 5.14. The summed E-state index contributed by atoms with van der Waals surface area (Å²) in [5.74, 6) is 0.0160. The number of hydrogen-bond donors (Lipinski definition) is 1. The van der Waals surface area contributed by atoms with Crippen LogP contribution in [0.25, 0.3) is 0 Å². The zero-order valence-electron chi connectivity index (χ0n) is 9.86. The van der Waals surface area contributed by atoms with Crippen LogP contribution in [0.4, 0.5) is 4.79 Å². The van der Waals surface area contributed by atoms with Crippen LogP contribution in [0.3, 0.4) is 0 Å². The van der Waals surface area contributed by atoms with Gasteiger partial charge in [0.1, 0.15) is 0 Å². The summed E-state index contributed by atoms with van der Waals surface area (Å²) in [4.78, 5) is 26.0. The summed E-state index contributed by atoms with van der Waals surface area (Å²) in [6.07, 6.45) is 0.336. The lowest BCUT2D eigenvalue weighted by atomic mass is 10.4. The molecule has 3 amide bonds. The molecule has 0 atom stereocenters. The van der Waals surface area contributed by atoms with Gasteiger partial charge in [0.25, 0.3) is 0 Å². The first-order valence-corrected chi connectivity index (χ1v) is 5.42. The highest BCUT2D eigenvalue weighted by Gasteiger charge is 2.16. The Morgan fingerprint density at radius 2 is 1.94 bits per heavy atom. The second-order valence-electron chi connectivity index (χ2n) is 3.87. The molecule has 0 spiro atoms. The molecule has 0 radical (unpaired) electrons. The SMILES string of the molecule is CN(C)C(=O)CCNC(=O)N1CCOCC1. The van der Waals surface area contributed by atoms with Gasteiger partial charge in [-0.25, -0.2) is 4.79 Å². The van der Waals surface area contributed by atoms with Gasteiger partial charge in [-0.1, -0.05) is 0 Å². The minimum atomic E-state index is -0.116. The van der Waals surface area contributed by atoms with E-state index in [9.17, 15) is 9.59 Å². The molecule has 1 rings (SSSR count). The Morgan fingerprint density at radius 3 is 2.50 bits per heavy atom. The minimum absolute atomic E-state index is 0.0160. The summed E-state index contributed by atoms with van der Waals surface area (Å²) in [7, 11) is 3.40. The summed E-state index contributed by atoms with van der Waals surface area (Å²) in [6, 6.07) is -0.116. The molecule has 0 saturated carbocycles. The van der Waals surface area contributed by atoms with Crippen molar-refractivity contribution in [2.75, 3.05) is 46.9 Å². The van der Waals surface area contributed by atoms with Gasteiger partial charge in [-0.05, 0) is 0 Å². The Kier molecular flexibility index (Phi) is 5.04. The van der Waals surface area contributed by atoms with E-state index in [1.54, 1.807) is 19.0 Å². The zero-order valence-corrected chi connectivity index (χ0v) is 9.86. The molecule has 0 aliphatic carbocycles. The van der Waals surface area contributed by atoms with Crippen molar-refractivity contribution in [2.24, 2.45) is 0 Å². The van der Waals surface area contributed by atoms with Crippen molar-refractivity contribution in [2.45, 2.75) is 6.42 Å². The molecule has 0 aromatic carbocycles. The van der Waals surface area contributed by atoms with E-state index < -0.39 is 0 Å². The molecule has 1 saturated heterocycles. The highest BCUT2D eigenvalue weighted by atomic mass is 16.5. The third-order valence-electron chi connectivity index (χ3n) is 2.41. The molecule has 0 bridgehead atoms. The van der Waals surface area contributed by atoms with Crippen LogP contribution in [0, 0.1) is 0 Å². The van der Waals surface area contributed by atoms with E-state index in [0.29, 0.717) is 39.3 Å². The van der Waals surface area contributed by atoms with Gasteiger partial charge in [-0.3, -0.25) is 4.79 Å². The van der Waals surface area contributed by atoms with E-state index in [1.165, 1.54) is 4.90 Å². The first-order valence-electron chi connectivity index (χ1n) is 5.42. The summed E-state index contributed by atoms with van der Waals surface area (Å²) in [5.41, 5.74) is 0. The molecule has 92 valence electrons. The quantitative estimate of drug-likeness (QED) is 0.710. The number of carbonyl (C=O) groups excluding carboxylic acids is 2. The number of morpholine rings is 1. The normalized spacial score (nSPS) is 15.8. The van der Waals surface area contributed by atoms with Crippen LogP contribution >= 0.6 is 0 Å². The Hall–Kier alpha value is -1.30. The Labute approximate surface area is 95.5 Å². The lowest BCUT2D eigenvalue weighted by Crippen LogP contribution is -2.46. The molecule has 6 nitrogen and oxygen atoms in total. The number of ether oxygens (including phenoxy) is 1. The Balaban J connectivity index is 2.17. The molecule has 1 aliphatic rings. The monoisotopic (exact) mass is 229 g/mol. The zero-order chi connectivity index (χ0) is 12.0. The molecule has 0 aromatic heterocycles. The van der Waals surface area contributed by atoms with Crippen LogP contribution in [-0.4, -0.2) is 68.7 Å². The topological polar surface area (TPSA) is 61.9 Å². The lowest BCUT2D eigenvalue weighted by molar-refractivity contribution is -0.128. The van der Waals surface area contributed by atoms with Crippen LogP contribution < -0.4 is 5.32 Å². The highest BCUT2D eigenvalue weighted by molar-refractivity contribution is 5.78. The summed E-state index contributed by atoms with van der Waals surface area (Å²) >= 11 is 0. The van der Waals surface area contributed by atoms with Gasteiger partial charge in [0, 0.05) is 40.2 Å². The number of urea groups is 1. The predicted octanol–water partition coefficient (Wildman–Crippen LogP) is -0.493. The molecule has 1 N–H and O–H groups in total. The van der Waals surface area contributed by atoms with E-state index in [2.05, 4.69) is 5.32 Å². The van der Waals surface area contributed by atoms with Crippen LogP contribution in [0.2, 0.25) is 0 Å². The average molecular weight is 229 g/mol. The molecule has 1 fully saturated rings. The van der Waals surface area contributed by atoms with Gasteiger partial charge in [0.2, 0.25) is 5.91 Å². The fraction of sp³-hybridized carbons (Fsp3) is 0.800. The van der Waals surface area contributed by atoms with Crippen LogP contribution in [0.15, 0.2) is 0 Å². The predicted molar refractivity (Wildman–Crippen MR) is 59.1 cm³/mol. The van der Waals surface area contributed by atoms with Crippen molar-refractivity contribution in [1.29, 1.82) is 0 Å². The van der Waals surface area contributed by atoms with E-state index in [0.717, 1.165) is 0 Å². The number of carbonyl (C=O) groups is 2. The molecule has 16 heavy (non-hydrogen) atoms. The smallest absolute Gasteiger partial charge is 0.317 e. The fourth-order valence-corrected chi connectivity index (χ4v) is 1.38. The van der Waals surface area contributed by atoms with E-state index >= 15 is 0 Å². The van der Waals surface area contributed by atoms with Crippen molar-refractivity contribution in [3.8, 4) is 0 Å². The van der Waals surface area contributed by atoms with Gasteiger partial charge in [-0.2, -0.15) is 0 Å². The van der Waals surface area contributed by atoms with E-state index in [4.69, 9.17) is 4.74 Å². The summed E-state index contributed by atoms with van der Waals surface area (Å²) in [6.45, 7) is 2.79. The van der Waals surface area contributed by atoms with Gasteiger partial charge in [0.05, 0.1) is 13.2 Å². The number of rotatable bonds is 3. The lowest BCUT2D eigenvalue weighted by Gasteiger charge is -2.26. The molecular formula is C10H19N3O3. The fourth-order valence-electron chi connectivity index (χ4n) is 1.38. The van der Waals surface area contributed by atoms with Crippen molar-refractivity contribution < 1.29 is 14.3 Å². The highest BCUT2D eigenvalue weighted by Crippen LogP contribution is 1.97. The standard InChI is InChI=1S/C10H19N3O3/c1-12(2)9(14)3-4-11-10(15)13-5-7-16-8-6-13/h3-8H2,1-2H3,(H,11,15). The van der Waals surface area contributed by atoms with Crippen LogP contribution in [0.1, 0.15) is 6.42 Å². The van der Waals surface area contributed by atoms with E-state index in [1.807, 2.05) is 0 Å². The third kappa shape index (κ3) is 4.06. The van der Waals surface area contributed by atoms with Crippen molar-refractivity contribution in [3.63, 3.8) is 0 Å². The van der Waals surface area contributed by atoms with Gasteiger partial charge >= 0.3 is 6.03 Å². The number of hydrogen-bond acceptors (Lipinski definition) is 3. The maximum absolute atomic E-state index is 11.6. The first kappa shape index (κ1) is 12.8. The van der Waals surface area contributed by atoms with Gasteiger partial charge in [0.15, 0.2) is 0 Å². The summed E-state index contributed by atoms with van der Waals surface area (Å²) in [5, 5.41) is 2.72. The Bertz CT molecular complexity index is 250. The van der Waals surface area contributed by atoms with Crippen molar-refractivity contribution >= 4 is 11.9 Å². The maximum atomic E-state index is 11.6. The number of amides is 3. The van der Waals surface area contributed by atoms with Crippen molar-refractivity contribution in [1.82, 2.24) is 15.1 Å². The second-order valence-corrected chi connectivity index (χ2v) is 3.87. The van der Waals surface area contributed by atoms with Gasteiger partial charge in [-0.15, -0.1) is 0 Å². The van der Waals surface area contributed by atoms with Crippen LogP contribution in [0.5, 0.6) is 0 Å². The van der Waals surface area contributed by atoms with E-state index in [-0.39, 0.29) is 11.9 Å². The molecule has 0 aromatic rings. The average Bonchev–Trinajstić information content (AvgIpc) is 2.29. The molecular weight excluding hydrogens is 210 g/mol. The number of nitrogens with one attached hydrogen (secondary N) is 1.